The summed E-state index contributed by atoms with van der Waals surface area (Å²) in [5, 5.41) is 0. The highest BCUT2D eigenvalue weighted by Crippen LogP contribution is 2.30. The second-order valence-corrected chi connectivity index (χ2v) is 6.66. The molecule has 0 aromatic heterocycles. The molecule has 0 spiro atoms. The highest BCUT2D eigenvalue weighted by molar-refractivity contribution is 5.79. The van der Waals surface area contributed by atoms with Gasteiger partial charge < -0.3 is 9.64 Å². The molecule has 23 heavy (non-hydrogen) atoms. The minimum atomic E-state index is 0.278. The molecular formula is C19H28N2O2. The summed E-state index contributed by atoms with van der Waals surface area (Å²) in [6, 6.07) is 8.84. The van der Waals surface area contributed by atoms with E-state index >= 15 is 0 Å². The molecule has 1 aromatic rings. The molecule has 4 nitrogen and oxygen atoms in total. The van der Waals surface area contributed by atoms with E-state index in [1.807, 2.05) is 24.3 Å². The van der Waals surface area contributed by atoms with Crippen LogP contribution >= 0.6 is 0 Å². The number of likely N-dealkylation sites (tertiary alicyclic amines) is 2. The topological polar surface area (TPSA) is 32.8 Å². The van der Waals surface area contributed by atoms with Crippen molar-refractivity contribution in [3.05, 3.63) is 29.8 Å². The largest absolute Gasteiger partial charge is 0.497 e. The van der Waals surface area contributed by atoms with Gasteiger partial charge in [-0.2, -0.15) is 0 Å². The molecule has 0 bridgehead atoms. The van der Waals surface area contributed by atoms with Crippen molar-refractivity contribution in [3.8, 4) is 5.75 Å². The number of amides is 1. The maximum Gasteiger partial charge on any atom is 0.227 e. The molecular weight excluding hydrogens is 288 g/mol. The Morgan fingerprint density at radius 1 is 1.13 bits per heavy atom. The van der Waals surface area contributed by atoms with Gasteiger partial charge in [0.1, 0.15) is 5.75 Å². The van der Waals surface area contributed by atoms with Gasteiger partial charge in [-0.1, -0.05) is 19.1 Å². The molecule has 3 rings (SSSR count). The molecule has 126 valence electrons. The highest BCUT2D eigenvalue weighted by Gasteiger charge is 2.38. The first-order valence-electron chi connectivity index (χ1n) is 8.89. The monoisotopic (exact) mass is 316 g/mol. The zero-order valence-corrected chi connectivity index (χ0v) is 14.3. The quantitative estimate of drug-likeness (QED) is 0.837. The van der Waals surface area contributed by atoms with Crippen LogP contribution in [0, 0.1) is 0 Å². The van der Waals surface area contributed by atoms with E-state index in [9.17, 15) is 4.79 Å². The molecule has 1 aromatic carbocycles. The third kappa shape index (κ3) is 3.52. The van der Waals surface area contributed by atoms with Gasteiger partial charge in [0.15, 0.2) is 0 Å². The van der Waals surface area contributed by atoms with E-state index < -0.39 is 0 Å². The Kier molecular flexibility index (Phi) is 5.21. The molecule has 0 radical (unpaired) electrons. The fourth-order valence-corrected chi connectivity index (χ4v) is 4.20. The summed E-state index contributed by atoms with van der Waals surface area (Å²) in [4.78, 5) is 17.5. The number of ether oxygens (including phenoxy) is 1. The Morgan fingerprint density at radius 2 is 1.83 bits per heavy atom. The van der Waals surface area contributed by atoms with Gasteiger partial charge in [0.2, 0.25) is 5.91 Å². The van der Waals surface area contributed by atoms with Gasteiger partial charge in [0, 0.05) is 18.6 Å². The molecule has 2 atom stereocenters. The normalized spacial score (nSPS) is 25.0. The van der Waals surface area contributed by atoms with Crippen LogP contribution in [0.15, 0.2) is 24.3 Å². The third-order valence-corrected chi connectivity index (χ3v) is 5.40. The number of carbonyl (C=O) groups is 1. The Balaban J connectivity index is 1.65. The number of benzene rings is 1. The lowest BCUT2D eigenvalue weighted by atomic mass is 10.0. The van der Waals surface area contributed by atoms with Crippen LogP contribution in [0.3, 0.4) is 0 Å². The van der Waals surface area contributed by atoms with E-state index in [1.165, 1.54) is 19.4 Å². The van der Waals surface area contributed by atoms with E-state index in [2.05, 4.69) is 16.7 Å². The molecule has 0 saturated carbocycles. The smallest absolute Gasteiger partial charge is 0.227 e. The van der Waals surface area contributed by atoms with Crippen LogP contribution in [0.2, 0.25) is 0 Å². The van der Waals surface area contributed by atoms with Gasteiger partial charge in [-0.3, -0.25) is 9.69 Å². The number of methoxy groups -OCH3 is 1. The molecule has 2 aliphatic heterocycles. The zero-order chi connectivity index (χ0) is 16.2. The number of nitrogens with zero attached hydrogens (tertiary/aromatic N) is 2. The van der Waals surface area contributed by atoms with Crippen molar-refractivity contribution in [2.45, 2.75) is 51.1 Å². The van der Waals surface area contributed by atoms with Gasteiger partial charge in [-0.05, 0) is 56.5 Å². The molecule has 1 amide bonds. The van der Waals surface area contributed by atoms with Crippen LogP contribution in [0.25, 0.3) is 0 Å². The van der Waals surface area contributed by atoms with E-state index in [0.717, 1.165) is 37.2 Å². The lowest BCUT2D eigenvalue weighted by molar-refractivity contribution is -0.132. The number of hydrogen-bond donors (Lipinski definition) is 0. The first-order valence-corrected chi connectivity index (χ1v) is 8.89. The van der Waals surface area contributed by atoms with E-state index in [0.29, 0.717) is 18.5 Å². The van der Waals surface area contributed by atoms with Crippen LogP contribution < -0.4 is 4.74 Å². The summed E-state index contributed by atoms with van der Waals surface area (Å²) in [5.74, 6) is 1.12. The molecule has 2 heterocycles. The van der Waals surface area contributed by atoms with E-state index in [4.69, 9.17) is 4.74 Å². The van der Waals surface area contributed by atoms with E-state index in [1.54, 1.807) is 7.11 Å². The minimum Gasteiger partial charge on any atom is -0.497 e. The minimum absolute atomic E-state index is 0.278. The highest BCUT2D eigenvalue weighted by atomic mass is 16.5. The summed E-state index contributed by atoms with van der Waals surface area (Å²) >= 11 is 0. The summed E-state index contributed by atoms with van der Waals surface area (Å²) in [6.45, 7) is 5.45. The predicted molar refractivity (Wildman–Crippen MR) is 91.7 cm³/mol. The zero-order valence-electron chi connectivity index (χ0n) is 14.3. The van der Waals surface area contributed by atoms with Crippen LogP contribution in [-0.2, 0) is 11.2 Å². The molecule has 4 heteroatoms. The van der Waals surface area contributed by atoms with Crippen molar-refractivity contribution in [3.63, 3.8) is 0 Å². The first-order chi connectivity index (χ1) is 11.2. The van der Waals surface area contributed by atoms with Gasteiger partial charge in [0.05, 0.1) is 13.5 Å². The van der Waals surface area contributed by atoms with Gasteiger partial charge in [-0.15, -0.1) is 0 Å². The van der Waals surface area contributed by atoms with Crippen molar-refractivity contribution in [1.29, 1.82) is 0 Å². The summed E-state index contributed by atoms with van der Waals surface area (Å²) in [6.07, 6.45) is 5.32. The maximum atomic E-state index is 12.8. The standard InChI is InChI=1S/C19H28N2O2/c1-3-20-12-4-6-17(20)18-7-5-13-21(18)19(22)14-15-8-10-16(23-2)11-9-15/h8-11,17-18H,3-7,12-14H2,1-2H3/t17-,18-/m0/s1. The number of likely N-dealkylation sites (N-methyl/N-ethyl adjacent to an activating group) is 1. The fourth-order valence-electron chi connectivity index (χ4n) is 4.20. The van der Waals surface area contributed by atoms with Crippen molar-refractivity contribution >= 4 is 5.91 Å². The van der Waals surface area contributed by atoms with Crippen molar-refractivity contribution < 1.29 is 9.53 Å². The maximum absolute atomic E-state index is 12.8. The summed E-state index contributed by atoms with van der Waals surface area (Å²) in [7, 11) is 1.66. The van der Waals surface area contributed by atoms with Crippen LogP contribution in [0.4, 0.5) is 0 Å². The SMILES string of the molecule is CCN1CCC[C@H]1[C@@H]1CCCN1C(=O)Cc1ccc(OC)cc1. The number of carbonyl (C=O) groups excluding carboxylic acids is 1. The Labute approximate surface area is 139 Å². The van der Waals surface area contributed by atoms with E-state index in [-0.39, 0.29) is 5.91 Å². The second-order valence-electron chi connectivity index (χ2n) is 6.66. The second kappa shape index (κ2) is 7.35. The molecule has 2 fully saturated rings. The van der Waals surface area contributed by atoms with Crippen LogP contribution in [0.5, 0.6) is 5.75 Å². The Hall–Kier alpha value is -1.55. The van der Waals surface area contributed by atoms with Crippen molar-refractivity contribution in [2.24, 2.45) is 0 Å². The summed E-state index contributed by atoms with van der Waals surface area (Å²) in [5.41, 5.74) is 1.07. The third-order valence-electron chi connectivity index (χ3n) is 5.40. The molecule has 0 aliphatic carbocycles. The first kappa shape index (κ1) is 16.3. The van der Waals surface area contributed by atoms with Crippen LogP contribution in [0.1, 0.15) is 38.2 Å². The van der Waals surface area contributed by atoms with Gasteiger partial charge >= 0.3 is 0 Å². The lowest BCUT2D eigenvalue weighted by Crippen LogP contribution is -2.48. The Morgan fingerprint density at radius 3 is 2.52 bits per heavy atom. The number of hydrogen-bond acceptors (Lipinski definition) is 3. The molecule has 2 saturated heterocycles. The van der Waals surface area contributed by atoms with Gasteiger partial charge in [0.25, 0.3) is 0 Å². The number of rotatable bonds is 5. The fraction of sp³-hybridized carbons (Fsp3) is 0.632. The van der Waals surface area contributed by atoms with Gasteiger partial charge in [-0.25, -0.2) is 0 Å². The van der Waals surface area contributed by atoms with Crippen LogP contribution in [-0.4, -0.2) is 54.5 Å². The summed E-state index contributed by atoms with van der Waals surface area (Å²) < 4.78 is 5.18. The average Bonchev–Trinajstić information content (AvgIpc) is 3.23. The van der Waals surface area contributed by atoms with Crippen molar-refractivity contribution in [1.82, 2.24) is 9.80 Å². The van der Waals surface area contributed by atoms with Crippen molar-refractivity contribution in [2.75, 3.05) is 26.7 Å². The predicted octanol–water partition coefficient (Wildman–Crippen LogP) is 2.71. The Bertz CT molecular complexity index is 529. The molecule has 0 unspecified atom stereocenters. The lowest BCUT2D eigenvalue weighted by Gasteiger charge is -2.34. The molecule has 2 aliphatic rings. The average molecular weight is 316 g/mol. The molecule has 0 N–H and O–H groups in total.